The molecule has 4 rings (SSSR count). The topological polar surface area (TPSA) is 80.9 Å². The van der Waals surface area contributed by atoms with E-state index in [-0.39, 0.29) is 11.1 Å². The first-order chi connectivity index (χ1) is 10.5. The van der Waals surface area contributed by atoms with E-state index in [0.29, 0.717) is 22.9 Å². The maximum absolute atomic E-state index is 12.6. The zero-order valence-corrected chi connectivity index (χ0v) is 13.1. The molecular weight excluding hydrogens is 280 g/mol. The molecule has 0 bridgehead atoms. The lowest BCUT2D eigenvalue weighted by atomic mass is 10.1. The molecule has 116 valence electrons. The van der Waals surface area contributed by atoms with Crippen molar-refractivity contribution in [3.63, 3.8) is 0 Å². The van der Waals surface area contributed by atoms with Crippen molar-refractivity contribution in [3.8, 4) is 0 Å². The molecule has 0 aliphatic heterocycles. The highest BCUT2D eigenvalue weighted by molar-refractivity contribution is 5.73. The van der Waals surface area contributed by atoms with Crippen LogP contribution in [0.25, 0.3) is 16.9 Å². The predicted molar refractivity (Wildman–Crippen MR) is 83.1 cm³/mol. The normalized spacial score (nSPS) is 17.0. The molecule has 1 fully saturated rings. The average molecular weight is 300 g/mol. The van der Waals surface area contributed by atoms with E-state index in [1.54, 1.807) is 0 Å². The number of rotatable bonds is 1. The molecule has 3 aromatic rings. The first-order valence-electron chi connectivity index (χ1n) is 7.81. The van der Waals surface area contributed by atoms with Gasteiger partial charge < -0.3 is 4.98 Å². The van der Waals surface area contributed by atoms with Gasteiger partial charge >= 0.3 is 5.56 Å². The second-order valence-electron chi connectivity index (χ2n) is 7.09. The second kappa shape index (κ2) is 4.41. The molecular formula is C15H20N6O. The van der Waals surface area contributed by atoms with Gasteiger partial charge in [-0.1, -0.05) is 12.8 Å². The van der Waals surface area contributed by atoms with Gasteiger partial charge in [0.2, 0.25) is 5.78 Å². The molecule has 3 heterocycles. The van der Waals surface area contributed by atoms with Crippen LogP contribution in [0.15, 0.2) is 11.1 Å². The molecule has 1 saturated carbocycles. The Morgan fingerprint density at radius 1 is 1.27 bits per heavy atom. The summed E-state index contributed by atoms with van der Waals surface area (Å²) in [4.78, 5) is 24.9. The Hall–Kier alpha value is -2.18. The van der Waals surface area contributed by atoms with Gasteiger partial charge in [0, 0.05) is 11.5 Å². The van der Waals surface area contributed by atoms with Crippen LogP contribution in [0.2, 0.25) is 0 Å². The van der Waals surface area contributed by atoms with Gasteiger partial charge in [0.05, 0.1) is 0 Å². The molecule has 0 amide bonds. The molecule has 0 aromatic carbocycles. The predicted octanol–water partition coefficient (Wildman–Crippen LogP) is 2.18. The van der Waals surface area contributed by atoms with Crippen molar-refractivity contribution in [1.82, 2.24) is 29.1 Å². The molecule has 0 spiro atoms. The summed E-state index contributed by atoms with van der Waals surface area (Å²) in [6.07, 6.45) is 6.15. The van der Waals surface area contributed by atoms with Crippen LogP contribution in [0.4, 0.5) is 0 Å². The van der Waals surface area contributed by atoms with Crippen molar-refractivity contribution in [2.24, 2.45) is 0 Å². The lowest BCUT2D eigenvalue weighted by molar-refractivity contribution is 0.411. The number of hydrogen-bond acceptors (Lipinski definition) is 4. The summed E-state index contributed by atoms with van der Waals surface area (Å²) in [5.74, 6) is 1.89. The highest BCUT2D eigenvalue weighted by Gasteiger charge is 2.27. The summed E-state index contributed by atoms with van der Waals surface area (Å²) >= 11 is 0. The zero-order valence-electron chi connectivity index (χ0n) is 13.1. The molecule has 0 unspecified atom stereocenters. The summed E-state index contributed by atoms with van der Waals surface area (Å²) in [5, 5.41) is 4.07. The summed E-state index contributed by atoms with van der Waals surface area (Å²) in [6.45, 7) is 6.24. The molecule has 1 aliphatic carbocycles. The number of H-pyrrole nitrogens is 1. The van der Waals surface area contributed by atoms with Gasteiger partial charge in [0.25, 0.3) is 0 Å². The Bertz CT molecular complexity index is 904. The van der Waals surface area contributed by atoms with Gasteiger partial charge in [0.1, 0.15) is 12.2 Å². The Balaban J connectivity index is 2.09. The monoisotopic (exact) mass is 300 g/mol. The number of aromatic amines is 1. The van der Waals surface area contributed by atoms with E-state index in [1.807, 2.05) is 4.57 Å². The smallest absolute Gasteiger partial charge is 0.301 e. The Kier molecular flexibility index (Phi) is 2.70. The number of fused-ring (bicyclic) bond motifs is 2. The largest absolute Gasteiger partial charge is 0.336 e. The second-order valence-corrected chi connectivity index (χ2v) is 7.09. The van der Waals surface area contributed by atoms with E-state index < -0.39 is 0 Å². The highest BCUT2D eigenvalue weighted by Crippen LogP contribution is 2.33. The van der Waals surface area contributed by atoms with Crippen molar-refractivity contribution < 1.29 is 0 Å². The summed E-state index contributed by atoms with van der Waals surface area (Å²) in [6, 6.07) is 0. The van der Waals surface area contributed by atoms with E-state index in [4.69, 9.17) is 4.98 Å². The van der Waals surface area contributed by atoms with Crippen LogP contribution < -0.4 is 5.56 Å². The number of nitrogens with one attached hydrogen (secondary N) is 1. The van der Waals surface area contributed by atoms with Crippen LogP contribution in [0.3, 0.4) is 0 Å². The van der Waals surface area contributed by atoms with Gasteiger partial charge in [-0.2, -0.15) is 14.6 Å². The van der Waals surface area contributed by atoms with Gasteiger partial charge in [0.15, 0.2) is 11.2 Å². The lowest BCUT2D eigenvalue weighted by Crippen LogP contribution is -2.29. The van der Waals surface area contributed by atoms with E-state index in [1.165, 1.54) is 23.7 Å². The fraction of sp³-hybridized carbons (Fsp3) is 0.600. The molecule has 3 aromatic heterocycles. The number of aromatic nitrogens is 6. The lowest BCUT2D eigenvalue weighted by Gasteiger charge is -2.23. The van der Waals surface area contributed by atoms with Crippen molar-refractivity contribution in [3.05, 3.63) is 22.5 Å². The van der Waals surface area contributed by atoms with E-state index in [0.717, 1.165) is 18.7 Å². The maximum atomic E-state index is 12.6. The highest BCUT2D eigenvalue weighted by atomic mass is 16.1. The third-order valence-corrected chi connectivity index (χ3v) is 4.46. The molecule has 0 radical (unpaired) electrons. The first-order valence-corrected chi connectivity index (χ1v) is 7.81. The van der Waals surface area contributed by atoms with Gasteiger partial charge in [-0.05, 0) is 33.6 Å². The Morgan fingerprint density at radius 3 is 2.68 bits per heavy atom. The summed E-state index contributed by atoms with van der Waals surface area (Å²) in [5.41, 5.74) is 0.775. The zero-order chi connectivity index (χ0) is 15.5. The van der Waals surface area contributed by atoms with Gasteiger partial charge in [-0.25, -0.2) is 4.98 Å². The van der Waals surface area contributed by atoms with E-state index in [9.17, 15) is 4.79 Å². The third kappa shape index (κ3) is 1.81. The summed E-state index contributed by atoms with van der Waals surface area (Å²) < 4.78 is 3.34. The van der Waals surface area contributed by atoms with Crippen molar-refractivity contribution in [2.45, 2.75) is 57.9 Å². The van der Waals surface area contributed by atoms with Crippen LogP contribution >= 0.6 is 0 Å². The van der Waals surface area contributed by atoms with E-state index in [2.05, 4.69) is 35.8 Å². The molecule has 1 aliphatic rings. The van der Waals surface area contributed by atoms with E-state index >= 15 is 0 Å². The van der Waals surface area contributed by atoms with Crippen LogP contribution in [0.1, 0.15) is 58.2 Å². The molecule has 0 saturated heterocycles. The standard InChI is InChI=1S/C15H20N6O/c1-15(2,3)20-12-10(13(22)21-14(20)16-8-17-21)18-11(19-12)9-6-4-5-7-9/h8-9H,4-7H2,1-3H3,(H,18,19). The molecule has 7 nitrogen and oxygen atoms in total. The number of hydrogen-bond donors (Lipinski definition) is 1. The Morgan fingerprint density at radius 2 is 2.00 bits per heavy atom. The van der Waals surface area contributed by atoms with Gasteiger partial charge in [-0.15, -0.1) is 0 Å². The minimum atomic E-state index is -0.248. The number of nitrogens with zero attached hydrogens (tertiary/aromatic N) is 5. The summed E-state index contributed by atoms with van der Waals surface area (Å²) in [7, 11) is 0. The molecule has 0 atom stereocenters. The van der Waals surface area contributed by atoms with Gasteiger partial charge in [-0.3, -0.25) is 9.36 Å². The van der Waals surface area contributed by atoms with Crippen LogP contribution in [-0.4, -0.2) is 29.1 Å². The van der Waals surface area contributed by atoms with Crippen LogP contribution in [0.5, 0.6) is 0 Å². The fourth-order valence-electron chi connectivity index (χ4n) is 3.43. The minimum absolute atomic E-state index is 0.181. The molecule has 22 heavy (non-hydrogen) atoms. The maximum Gasteiger partial charge on any atom is 0.301 e. The quantitative estimate of drug-likeness (QED) is 0.747. The van der Waals surface area contributed by atoms with Crippen molar-refractivity contribution in [2.75, 3.05) is 0 Å². The number of imidazole rings is 1. The van der Waals surface area contributed by atoms with Crippen molar-refractivity contribution >= 4 is 16.9 Å². The molecule has 1 N–H and O–H groups in total. The van der Waals surface area contributed by atoms with Crippen molar-refractivity contribution in [1.29, 1.82) is 0 Å². The minimum Gasteiger partial charge on any atom is -0.336 e. The molecule has 7 heteroatoms. The third-order valence-electron chi connectivity index (χ3n) is 4.46. The fourth-order valence-corrected chi connectivity index (χ4v) is 3.43. The first kappa shape index (κ1) is 13.5. The Labute approximate surface area is 127 Å². The van der Waals surface area contributed by atoms with Crippen LogP contribution in [-0.2, 0) is 5.54 Å². The van der Waals surface area contributed by atoms with Crippen LogP contribution in [0, 0.1) is 0 Å². The SMILES string of the molecule is CC(C)(C)n1c2nc(C3CCCC3)[nH]c2c(=O)n2ncnc12. The average Bonchev–Trinajstić information content (AvgIpc) is 3.17.